The molecule has 5 rings (SSSR count). The fourth-order valence-corrected chi connectivity index (χ4v) is 4.46. The predicted octanol–water partition coefficient (Wildman–Crippen LogP) is 4.44. The number of hydrogen-bond donors (Lipinski definition) is 0. The van der Waals surface area contributed by atoms with Crippen molar-refractivity contribution in [1.82, 2.24) is 9.88 Å². The molecule has 0 N–H and O–H groups in total. The summed E-state index contributed by atoms with van der Waals surface area (Å²) in [5, 5.41) is 0. The first-order chi connectivity index (χ1) is 14.6. The largest absolute Gasteiger partial charge is 0.369 e. The molecule has 1 aromatic heterocycles. The normalized spacial score (nSPS) is 22.0. The molecule has 156 valence electrons. The molecule has 0 spiro atoms. The number of hydrogen-bond acceptors (Lipinski definition) is 5. The van der Waals surface area contributed by atoms with E-state index in [1.165, 1.54) is 35.2 Å². The molecule has 30 heavy (non-hydrogen) atoms. The second kappa shape index (κ2) is 7.88. The highest BCUT2D eigenvalue weighted by molar-refractivity contribution is 5.75. The summed E-state index contributed by atoms with van der Waals surface area (Å²) < 4.78 is 0. The third-order valence-electron chi connectivity index (χ3n) is 6.54. The van der Waals surface area contributed by atoms with Crippen LogP contribution in [0.1, 0.15) is 36.9 Å². The molecule has 1 aromatic carbocycles. The van der Waals surface area contributed by atoms with Crippen LogP contribution in [0.3, 0.4) is 0 Å². The summed E-state index contributed by atoms with van der Waals surface area (Å²) in [6, 6.07) is 11.6. The highest BCUT2D eigenvalue weighted by atomic mass is 15.3. The maximum atomic E-state index is 4.95. The summed E-state index contributed by atoms with van der Waals surface area (Å²) in [5.74, 6) is 1.69. The molecular weight excluding hydrogens is 370 g/mol. The van der Waals surface area contributed by atoms with Gasteiger partial charge in [-0.2, -0.15) is 0 Å². The van der Waals surface area contributed by atoms with Crippen LogP contribution in [-0.2, 0) is 0 Å². The lowest BCUT2D eigenvalue weighted by molar-refractivity contribution is 0.313. The van der Waals surface area contributed by atoms with Crippen molar-refractivity contribution in [1.29, 1.82) is 0 Å². The summed E-state index contributed by atoms with van der Waals surface area (Å²) in [7, 11) is 2.21. The number of benzene rings is 1. The molecule has 1 saturated heterocycles. The molecule has 1 aliphatic carbocycles. The van der Waals surface area contributed by atoms with Crippen LogP contribution in [0, 0.1) is 6.92 Å². The van der Waals surface area contributed by atoms with Gasteiger partial charge in [0, 0.05) is 55.5 Å². The van der Waals surface area contributed by atoms with E-state index in [4.69, 9.17) is 4.98 Å². The summed E-state index contributed by atoms with van der Waals surface area (Å²) in [6.07, 6.45) is 8.59. The molecule has 0 radical (unpaired) electrons. The van der Waals surface area contributed by atoms with Crippen LogP contribution in [0.4, 0.5) is 11.5 Å². The molecule has 5 heteroatoms. The second-order valence-corrected chi connectivity index (χ2v) is 8.86. The van der Waals surface area contributed by atoms with Crippen LogP contribution in [0.25, 0.3) is 11.1 Å². The van der Waals surface area contributed by atoms with Crippen molar-refractivity contribution in [3.8, 4) is 11.1 Å². The molecular formula is C25H31N5. The minimum absolute atomic E-state index is 0.0785. The van der Waals surface area contributed by atoms with Gasteiger partial charge >= 0.3 is 0 Å². The average molecular weight is 402 g/mol. The van der Waals surface area contributed by atoms with Gasteiger partial charge in [-0.3, -0.25) is 4.99 Å². The summed E-state index contributed by atoms with van der Waals surface area (Å²) >= 11 is 0. The zero-order valence-electron chi connectivity index (χ0n) is 18.3. The number of allylic oxidation sites excluding steroid dienone is 1. The van der Waals surface area contributed by atoms with Crippen LogP contribution in [0.15, 0.2) is 47.6 Å². The Hall–Kier alpha value is -2.66. The van der Waals surface area contributed by atoms with E-state index in [0.29, 0.717) is 0 Å². The van der Waals surface area contributed by atoms with Gasteiger partial charge in [-0.25, -0.2) is 4.98 Å². The van der Waals surface area contributed by atoms with E-state index >= 15 is 0 Å². The maximum Gasteiger partial charge on any atom is 0.134 e. The number of likely N-dealkylation sites (N-methyl/N-ethyl adjacent to an activating group) is 1. The third kappa shape index (κ3) is 3.86. The molecule has 3 aliphatic rings. The van der Waals surface area contributed by atoms with Gasteiger partial charge in [0.2, 0.25) is 0 Å². The number of nitrogens with zero attached hydrogens (tertiary/aromatic N) is 5. The zero-order chi connectivity index (χ0) is 20.7. The van der Waals surface area contributed by atoms with Gasteiger partial charge in [0.05, 0.1) is 0 Å². The number of pyridine rings is 1. The van der Waals surface area contributed by atoms with E-state index in [0.717, 1.165) is 43.6 Å². The Morgan fingerprint density at radius 1 is 1.00 bits per heavy atom. The molecule has 0 amide bonds. The Morgan fingerprint density at radius 2 is 1.80 bits per heavy atom. The summed E-state index contributed by atoms with van der Waals surface area (Å²) in [6.45, 7) is 8.66. The van der Waals surface area contributed by atoms with Crippen LogP contribution in [0.5, 0.6) is 0 Å². The highest BCUT2D eigenvalue weighted by Gasteiger charge is 2.26. The lowest BCUT2D eigenvalue weighted by atomic mass is 9.98. The van der Waals surface area contributed by atoms with Gasteiger partial charge in [-0.1, -0.05) is 6.07 Å². The van der Waals surface area contributed by atoms with Crippen LogP contribution < -0.4 is 9.80 Å². The Labute approximate surface area is 179 Å². The summed E-state index contributed by atoms with van der Waals surface area (Å²) in [5.41, 5.74) is 6.46. The van der Waals surface area contributed by atoms with E-state index in [1.807, 2.05) is 12.3 Å². The van der Waals surface area contributed by atoms with E-state index < -0.39 is 0 Å². The first-order valence-corrected chi connectivity index (χ1v) is 11.1. The topological polar surface area (TPSA) is 35.0 Å². The van der Waals surface area contributed by atoms with Gasteiger partial charge in [0.1, 0.15) is 12.0 Å². The minimum atomic E-state index is 0.0785. The van der Waals surface area contributed by atoms with Crippen molar-refractivity contribution in [3.63, 3.8) is 0 Å². The number of aryl methyl sites for hydroxylation is 1. The predicted molar refractivity (Wildman–Crippen MR) is 126 cm³/mol. The molecule has 2 aliphatic heterocycles. The molecule has 1 unspecified atom stereocenters. The van der Waals surface area contributed by atoms with Crippen molar-refractivity contribution in [2.45, 2.75) is 38.8 Å². The van der Waals surface area contributed by atoms with E-state index in [1.54, 1.807) is 0 Å². The molecule has 3 heterocycles. The van der Waals surface area contributed by atoms with E-state index in [2.05, 4.69) is 77.1 Å². The Morgan fingerprint density at radius 3 is 2.50 bits per heavy atom. The fraction of sp³-hybridized carbons (Fsp3) is 0.440. The number of aromatic nitrogens is 1. The number of rotatable bonds is 4. The number of piperazine rings is 1. The first kappa shape index (κ1) is 19.3. The standard InChI is InChI=1S/C25H31N5/c1-18-24(7-8-25(27-18)30-10-4-9-26-19(30)2)22-15-21(20-5-6-20)16-23(17-22)29-13-11-28(3)12-14-29/h4,7-10,15-17,19-20H,5-6,11-14H2,1-3H3. The Bertz CT molecular complexity index is 983. The SMILES string of the molecule is Cc1nc(N2C=CC=NC2C)ccc1-c1cc(C2CC2)cc(N2CCN(C)CC2)c1. The van der Waals surface area contributed by atoms with Gasteiger partial charge in [0.25, 0.3) is 0 Å². The van der Waals surface area contributed by atoms with Crippen LogP contribution >= 0.6 is 0 Å². The Balaban J connectivity index is 1.48. The van der Waals surface area contributed by atoms with Crippen LogP contribution in [-0.4, -0.2) is 55.5 Å². The highest BCUT2D eigenvalue weighted by Crippen LogP contribution is 2.43. The van der Waals surface area contributed by atoms with Crippen molar-refractivity contribution < 1.29 is 0 Å². The van der Waals surface area contributed by atoms with Crippen molar-refractivity contribution in [2.75, 3.05) is 43.0 Å². The summed E-state index contributed by atoms with van der Waals surface area (Å²) in [4.78, 5) is 16.5. The second-order valence-electron chi connectivity index (χ2n) is 8.86. The minimum Gasteiger partial charge on any atom is -0.369 e. The number of aliphatic imine (C=N–C) groups is 1. The van der Waals surface area contributed by atoms with E-state index in [9.17, 15) is 0 Å². The van der Waals surface area contributed by atoms with Gasteiger partial charge in [0.15, 0.2) is 0 Å². The average Bonchev–Trinajstić information content (AvgIpc) is 3.60. The lowest BCUT2D eigenvalue weighted by Crippen LogP contribution is -2.44. The Kier molecular flexibility index (Phi) is 5.07. The number of anilines is 2. The molecule has 0 bridgehead atoms. The lowest BCUT2D eigenvalue weighted by Gasteiger charge is -2.34. The quantitative estimate of drug-likeness (QED) is 0.759. The van der Waals surface area contributed by atoms with Crippen molar-refractivity contribution in [3.05, 3.63) is 53.9 Å². The molecule has 1 atom stereocenters. The third-order valence-corrected chi connectivity index (χ3v) is 6.54. The van der Waals surface area contributed by atoms with Gasteiger partial charge in [-0.05, 0) is 81.1 Å². The van der Waals surface area contributed by atoms with Gasteiger partial charge < -0.3 is 14.7 Å². The fourth-order valence-electron chi connectivity index (χ4n) is 4.46. The van der Waals surface area contributed by atoms with Crippen molar-refractivity contribution in [2.24, 2.45) is 4.99 Å². The van der Waals surface area contributed by atoms with Crippen molar-refractivity contribution >= 4 is 17.7 Å². The van der Waals surface area contributed by atoms with E-state index in [-0.39, 0.29) is 6.17 Å². The monoisotopic (exact) mass is 401 g/mol. The smallest absolute Gasteiger partial charge is 0.134 e. The molecule has 2 aromatic rings. The first-order valence-electron chi connectivity index (χ1n) is 11.1. The van der Waals surface area contributed by atoms with Gasteiger partial charge in [-0.15, -0.1) is 0 Å². The van der Waals surface area contributed by atoms with Crippen LogP contribution in [0.2, 0.25) is 0 Å². The molecule has 1 saturated carbocycles. The zero-order valence-corrected chi connectivity index (χ0v) is 18.3. The molecule has 5 nitrogen and oxygen atoms in total. The molecule has 2 fully saturated rings. The maximum absolute atomic E-state index is 4.95.